The summed E-state index contributed by atoms with van der Waals surface area (Å²) in [5.41, 5.74) is 0. The first-order chi connectivity index (χ1) is 28.2. The van der Waals surface area contributed by atoms with E-state index in [0.29, 0.717) is 6.42 Å². The highest BCUT2D eigenvalue weighted by Gasteiger charge is 2.53. The molecule has 2 aliphatic heterocycles. The van der Waals surface area contributed by atoms with Gasteiger partial charge in [0.1, 0.15) is 42.7 Å². The topological polar surface area (TPSA) is 326 Å². The zero-order chi connectivity index (χ0) is 44.5. The third-order valence-electron chi connectivity index (χ3n) is 12.1. The van der Waals surface area contributed by atoms with Crippen LogP contribution in [0.2, 0.25) is 0 Å². The predicted octanol–water partition coefficient (Wildman–Crippen LogP) is -1.69. The lowest BCUT2D eigenvalue weighted by Crippen LogP contribution is -2.67. The van der Waals surface area contributed by atoms with E-state index in [4.69, 9.17) is 28.2 Å². The molecular weight excluding hydrogens is 818 g/mol. The van der Waals surface area contributed by atoms with Crippen LogP contribution in [-0.2, 0) is 53.0 Å². The maximum Gasteiger partial charge on any atom is 0.332 e. The van der Waals surface area contributed by atoms with Crippen LogP contribution in [0.25, 0.3) is 0 Å². The summed E-state index contributed by atoms with van der Waals surface area (Å²) in [5.74, 6) is -4.24. The smallest absolute Gasteiger partial charge is 0.332 e. The van der Waals surface area contributed by atoms with Gasteiger partial charge < -0.3 is 70.3 Å². The second-order valence-corrected chi connectivity index (χ2v) is 18.4. The van der Waals surface area contributed by atoms with Crippen LogP contribution in [0.3, 0.4) is 0 Å². The average molecular weight is 884 g/mol. The van der Waals surface area contributed by atoms with Crippen molar-refractivity contribution in [3.63, 3.8) is 0 Å². The Balaban J connectivity index is 1.60. The van der Waals surface area contributed by atoms with Crippen molar-refractivity contribution in [3.05, 3.63) is 0 Å². The minimum absolute atomic E-state index is 0.0516. The number of aliphatic hydroxyl groups is 5. The molecule has 0 aromatic rings. The fraction of sp³-hybridized carbons (Fsp3) is 0.895. The van der Waals surface area contributed by atoms with Gasteiger partial charge in [0.25, 0.3) is 10.1 Å². The Morgan fingerprint density at radius 2 is 1.53 bits per heavy atom. The zero-order valence-electron chi connectivity index (χ0n) is 34.5. The largest absolute Gasteiger partial charge is 0.479 e. The maximum absolute atomic E-state index is 13.7. The fourth-order valence-corrected chi connectivity index (χ4v) is 8.91. The van der Waals surface area contributed by atoms with Gasteiger partial charge in [0.15, 0.2) is 18.7 Å². The number of hydrogen-bond acceptors (Lipinski definition) is 16. The van der Waals surface area contributed by atoms with E-state index in [1.165, 1.54) is 20.8 Å². The van der Waals surface area contributed by atoms with Gasteiger partial charge in [0.2, 0.25) is 17.7 Å². The summed E-state index contributed by atoms with van der Waals surface area (Å²) in [5, 5.41) is 70.3. The number of carbonyl (C=O) groups excluding carboxylic acids is 3. The van der Waals surface area contributed by atoms with Crippen LogP contribution in [0, 0.1) is 17.8 Å². The second kappa shape index (κ2) is 22.7. The van der Waals surface area contributed by atoms with Crippen molar-refractivity contribution in [2.24, 2.45) is 17.8 Å². The molecule has 60 heavy (non-hydrogen) atoms. The Labute approximate surface area is 349 Å². The number of rotatable bonds is 19. The van der Waals surface area contributed by atoms with Gasteiger partial charge in [0, 0.05) is 32.4 Å². The van der Waals surface area contributed by atoms with Gasteiger partial charge in [-0.2, -0.15) is 8.42 Å². The normalized spacial score (nSPS) is 36.4. The predicted molar refractivity (Wildman–Crippen MR) is 207 cm³/mol. The van der Waals surface area contributed by atoms with Crippen molar-refractivity contribution < 1.29 is 86.5 Å². The van der Waals surface area contributed by atoms with Crippen LogP contribution in [0.4, 0.5) is 0 Å². The lowest BCUT2D eigenvalue weighted by Gasteiger charge is -2.49. The van der Waals surface area contributed by atoms with Crippen molar-refractivity contribution in [3.8, 4) is 0 Å². The standard InChI is InChI=1S/C38H65N3O18S/c1-5-22-15-23(35(49)40-12-11-39-27(44)13-18(2)60(52,53)54)16-24(33(22)59-38-32(48)31(47)29(45)19(3)55-38)57-37-28(41-20(4)43)34(30(46)26(17-42)58-37)56-25(36(50)51)14-21-9-7-6-8-10-21/h18-19,21-26,28-34,37-38,42,45-48H,5-17H2,1-4H3,(H,39,44)(H,40,49)(H,41,43)(H,50,51)(H,52,53,54)/t18?,19?,22?,23?,24-,25+,26+,28?,29-,30+,31+,32?,33-,34?,37-,38+/m1/s1. The van der Waals surface area contributed by atoms with E-state index in [9.17, 15) is 58.2 Å². The molecule has 0 spiro atoms. The molecule has 2 heterocycles. The molecule has 2 saturated carbocycles. The van der Waals surface area contributed by atoms with E-state index >= 15 is 0 Å². The highest BCUT2D eigenvalue weighted by Crippen LogP contribution is 2.40. The van der Waals surface area contributed by atoms with E-state index in [-0.39, 0.29) is 38.3 Å². The summed E-state index contributed by atoms with van der Waals surface area (Å²) in [7, 11) is -4.42. The molecule has 2 aliphatic carbocycles. The summed E-state index contributed by atoms with van der Waals surface area (Å²) in [4.78, 5) is 51.1. The number of aliphatic carboxylic acids is 1. The van der Waals surface area contributed by atoms with E-state index < -0.39 is 144 Å². The molecule has 4 fully saturated rings. The third kappa shape index (κ3) is 13.4. The molecule has 0 aromatic heterocycles. The molecule has 7 unspecified atom stereocenters. The molecule has 21 nitrogen and oxygen atoms in total. The monoisotopic (exact) mass is 883 g/mol. The molecule has 0 radical (unpaired) electrons. The summed E-state index contributed by atoms with van der Waals surface area (Å²) in [6.07, 6.45) is -12.1. The lowest BCUT2D eigenvalue weighted by atomic mass is 9.75. The summed E-state index contributed by atoms with van der Waals surface area (Å²) in [6, 6.07) is -1.36. The van der Waals surface area contributed by atoms with E-state index in [0.717, 1.165) is 32.1 Å². The van der Waals surface area contributed by atoms with Crippen molar-refractivity contribution in [2.45, 2.75) is 177 Å². The van der Waals surface area contributed by atoms with Crippen LogP contribution in [0.1, 0.15) is 91.9 Å². The van der Waals surface area contributed by atoms with Crippen molar-refractivity contribution in [1.82, 2.24) is 16.0 Å². The Morgan fingerprint density at radius 1 is 0.867 bits per heavy atom. The second-order valence-electron chi connectivity index (χ2n) is 16.6. The van der Waals surface area contributed by atoms with Crippen LogP contribution in [0.5, 0.6) is 0 Å². The number of ether oxygens (including phenoxy) is 5. The molecular formula is C38H65N3O18S. The molecule has 10 N–H and O–H groups in total. The number of carboxylic acid groups (broad SMARTS) is 1. The van der Waals surface area contributed by atoms with Crippen molar-refractivity contribution >= 4 is 33.8 Å². The van der Waals surface area contributed by atoms with Gasteiger partial charge in [0.05, 0.1) is 30.2 Å². The minimum Gasteiger partial charge on any atom is -0.479 e. The van der Waals surface area contributed by atoms with Gasteiger partial charge in [-0.15, -0.1) is 0 Å². The van der Waals surface area contributed by atoms with Gasteiger partial charge in [-0.25, -0.2) is 4.79 Å². The molecule has 2 saturated heterocycles. The summed E-state index contributed by atoms with van der Waals surface area (Å²) < 4.78 is 62.6. The first-order valence-electron chi connectivity index (χ1n) is 20.9. The summed E-state index contributed by atoms with van der Waals surface area (Å²) in [6.45, 7) is 4.78. The fourth-order valence-electron chi connectivity index (χ4n) is 8.55. The molecule has 4 rings (SSSR count). The lowest BCUT2D eigenvalue weighted by molar-refractivity contribution is -0.338. The highest BCUT2D eigenvalue weighted by atomic mass is 32.2. The molecule has 3 amide bonds. The van der Waals surface area contributed by atoms with Crippen LogP contribution in [0.15, 0.2) is 0 Å². The van der Waals surface area contributed by atoms with E-state index in [1.54, 1.807) is 0 Å². The van der Waals surface area contributed by atoms with Crippen LogP contribution >= 0.6 is 0 Å². The molecule has 346 valence electrons. The first kappa shape index (κ1) is 50.0. The highest BCUT2D eigenvalue weighted by molar-refractivity contribution is 7.86. The van der Waals surface area contributed by atoms with E-state index in [1.807, 2.05) is 6.92 Å². The van der Waals surface area contributed by atoms with E-state index in [2.05, 4.69) is 16.0 Å². The Morgan fingerprint density at radius 3 is 2.13 bits per heavy atom. The number of carbonyl (C=O) groups is 4. The van der Waals surface area contributed by atoms with Crippen LogP contribution < -0.4 is 16.0 Å². The Hall–Kier alpha value is -2.61. The maximum atomic E-state index is 13.7. The number of hydrogen-bond donors (Lipinski definition) is 10. The molecule has 0 bridgehead atoms. The quantitative estimate of drug-likeness (QED) is 0.0511. The number of nitrogens with one attached hydrogen (secondary N) is 3. The zero-order valence-corrected chi connectivity index (χ0v) is 35.4. The van der Waals surface area contributed by atoms with Gasteiger partial charge >= 0.3 is 5.97 Å². The first-order valence-corrected chi connectivity index (χ1v) is 22.4. The molecule has 0 aromatic carbocycles. The summed E-state index contributed by atoms with van der Waals surface area (Å²) >= 11 is 0. The van der Waals surface area contributed by atoms with Gasteiger partial charge in [-0.05, 0) is 44.9 Å². The van der Waals surface area contributed by atoms with Crippen molar-refractivity contribution in [2.75, 3.05) is 19.7 Å². The van der Waals surface area contributed by atoms with Crippen molar-refractivity contribution in [1.29, 1.82) is 0 Å². The van der Waals surface area contributed by atoms with Gasteiger partial charge in [-0.3, -0.25) is 18.9 Å². The molecule has 22 heteroatoms. The number of aliphatic hydroxyl groups excluding tert-OH is 5. The third-order valence-corrected chi connectivity index (χ3v) is 13.2. The van der Waals surface area contributed by atoms with Crippen LogP contribution in [-0.4, -0.2) is 172 Å². The number of amides is 3. The van der Waals surface area contributed by atoms with Gasteiger partial charge in [-0.1, -0.05) is 45.4 Å². The average Bonchev–Trinajstić information content (AvgIpc) is 3.19. The molecule has 16 atom stereocenters. The molecule has 4 aliphatic rings. The Bertz CT molecular complexity index is 1540. The minimum atomic E-state index is -4.42. The Kier molecular flexibility index (Phi) is 18.9. The number of carboxylic acids is 1. The SMILES string of the molecule is CCC1CC(C(=O)NCCNC(=O)CC(C)S(=O)(=O)O)C[C@@H](O[C@@H]2O[C@@H](CO)[C@H](O)C(O[C@@H](CC3CCCCC3)C(=O)O)C2NC(C)=O)[C@@H]1O[C@@H]1OC(C)[C@@H](O)[C@H](O)C1O.